The quantitative estimate of drug-likeness (QED) is 0.227. The first-order valence-electron chi connectivity index (χ1n) is 12.5. The molecule has 0 aromatic heterocycles. The summed E-state index contributed by atoms with van der Waals surface area (Å²) in [6, 6.07) is 2.82. The normalized spacial score (nSPS) is 31.3. The van der Waals surface area contributed by atoms with Crippen molar-refractivity contribution in [3.05, 3.63) is 51.6 Å². The summed E-state index contributed by atoms with van der Waals surface area (Å²) in [6.07, 6.45) is -9.11. The first-order valence-corrected chi connectivity index (χ1v) is 12.5. The maximum Gasteiger partial charge on any atom is 0.202 e. The minimum atomic E-state index is -2.37. The van der Waals surface area contributed by atoms with Crippen LogP contribution in [0.25, 0.3) is 0 Å². The topological polar surface area (TPSA) is 206 Å². The van der Waals surface area contributed by atoms with E-state index < -0.39 is 102 Å². The Morgan fingerprint density at radius 3 is 2.50 bits per heavy atom. The molecule has 2 aliphatic carbocycles. The van der Waals surface area contributed by atoms with Crippen LogP contribution in [0, 0.1) is 0 Å². The van der Waals surface area contributed by atoms with E-state index in [1.165, 1.54) is 32.2 Å². The minimum absolute atomic E-state index is 0.0474. The molecule has 0 saturated carbocycles. The van der Waals surface area contributed by atoms with Crippen LogP contribution in [0.2, 0.25) is 0 Å². The number of hydrogen-bond donors (Lipinski definition) is 6. The number of nitrogens with two attached hydrogens (primary N) is 1. The number of aromatic hydroxyl groups is 2. The molecule has 2 aromatic rings. The number of ketones is 3. The second-order valence-corrected chi connectivity index (χ2v) is 10.2. The van der Waals surface area contributed by atoms with Gasteiger partial charge < -0.3 is 45.5 Å². The highest BCUT2D eigenvalue weighted by Gasteiger charge is 2.51. The fourth-order valence-electron chi connectivity index (χ4n) is 5.71. The smallest absolute Gasteiger partial charge is 0.202 e. The van der Waals surface area contributed by atoms with E-state index in [2.05, 4.69) is 0 Å². The average molecular weight is 562 g/mol. The second kappa shape index (κ2) is 9.87. The maximum atomic E-state index is 15.1. The van der Waals surface area contributed by atoms with Gasteiger partial charge in [-0.1, -0.05) is 12.1 Å². The van der Waals surface area contributed by atoms with Crippen molar-refractivity contribution < 1.29 is 58.5 Å². The Morgan fingerprint density at radius 2 is 1.85 bits per heavy atom. The van der Waals surface area contributed by atoms with Crippen molar-refractivity contribution in [3.63, 3.8) is 0 Å². The monoisotopic (exact) mass is 561 g/mol. The molecule has 2 aromatic carbocycles. The first kappa shape index (κ1) is 28.1. The molecule has 40 heavy (non-hydrogen) atoms. The molecule has 0 spiro atoms. The fraction of sp³-hybridized carbons (Fsp3) is 0.444. The van der Waals surface area contributed by atoms with E-state index in [1.807, 2.05) is 0 Å². The highest BCUT2D eigenvalue weighted by Crippen LogP contribution is 2.52. The van der Waals surface area contributed by atoms with Crippen LogP contribution in [0.5, 0.6) is 17.2 Å². The van der Waals surface area contributed by atoms with E-state index in [9.17, 15) is 39.9 Å². The Labute approximate surface area is 226 Å². The van der Waals surface area contributed by atoms with Crippen LogP contribution < -0.4 is 10.5 Å². The third kappa shape index (κ3) is 4.00. The van der Waals surface area contributed by atoms with E-state index >= 15 is 4.39 Å². The Bertz CT molecular complexity index is 1430. The third-order valence-corrected chi connectivity index (χ3v) is 7.89. The van der Waals surface area contributed by atoms with Crippen LogP contribution in [0.3, 0.4) is 0 Å². The second-order valence-electron chi connectivity index (χ2n) is 10.2. The van der Waals surface area contributed by atoms with Crippen LogP contribution in [0.15, 0.2) is 18.2 Å². The maximum absolute atomic E-state index is 15.1. The first-order chi connectivity index (χ1) is 18.9. The van der Waals surface area contributed by atoms with Crippen molar-refractivity contribution in [1.29, 1.82) is 0 Å². The lowest BCUT2D eigenvalue weighted by Crippen LogP contribution is -2.60. The molecule has 0 amide bonds. The summed E-state index contributed by atoms with van der Waals surface area (Å²) in [7, 11) is 1.29. The number of ether oxygens (including phenoxy) is 3. The van der Waals surface area contributed by atoms with Gasteiger partial charge in [0, 0.05) is 29.5 Å². The van der Waals surface area contributed by atoms with Crippen molar-refractivity contribution >= 4 is 17.3 Å². The number of hydrogen-bond acceptors (Lipinski definition) is 12. The summed E-state index contributed by atoms with van der Waals surface area (Å²) >= 11 is 0. The highest BCUT2D eigenvalue weighted by molar-refractivity contribution is 6.31. The SMILES string of the molecule is COc1cccc2c1C(=O)c1c(O)c3c(c(O)c1C2=O)C[C@@](O)(C(=O)CO)C[C@@H]3O[C@@H]1O[C@@H](C)[C@@H](O)[C@@H](N)[C@H]1F. The van der Waals surface area contributed by atoms with Crippen LogP contribution in [0.1, 0.15) is 62.4 Å². The third-order valence-electron chi connectivity index (χ3n) is 7.89. The lowest BCUT2D eigenvalue weighted by molar-refractivity contribution is -0.273. The standard InChI is InChI=1S/C27H28FNO11/c1-9-21(32)20(29)19(28)26(39-9)40-13-7-27(37,14(31)8-30)6-11-16(13)25(36)18-17(23(11)34)22(33)10-4-3-5-12(38-2)15(10)24(18)35/h3-5,9,13,19-21,26,30,32,34,36-37H,6-8,29H2,1-2H3/t9-,13-,19+,20-,21+,26-,27-/m0/s1. The zero-order valence-electron chi connectivity index (χ0n) is 21.5. The number of aliphatic hydroxyl groups excluding tert-OH is 2. The number of benzene rings is 2. The van der Waals surface area contributed by atoms with Gasteiger partial charge in [-0.3, -0.25) is 14.4 Å². The molecule has 0 unspecified atom stereocenters. The van der Waals surface area contributed by atoms with Crippen LogP contribution in [-0.2, 0) is 20.7 Å². The Balaban J connectivity index is 1.70. The summed E-state index contributed by atoms with van der Waals surface area (Å²) in [6.45, 7) is 0.322. The number of halogens is 1. The number of methoxy groups -OCH3 is 1. The summed E-state index contributed by atoms with van der Waals surface area (Å²) in [5, 5.41) is 53.5. The Morgan fingerprint density at radius 1 is 1.18 bits per heavy atom. The summed E-state index contributed by atoms with van der Waals surface area (Å²) in [5.74, 6) is -4.28. The number of carbonyl (C=O) groups excluding carboxylic acids is 3. The van der Waals surface area contributed by atoms with Crippen molar-refractivity contribution in [3.8, 4) is 17.2 Å². The number of carbonyl (C=O) groups is 3. The predicted octanol–water partition coefficient (Wildman–Crippen LogP) is -0.0507. The summed E-state index contributed by atoms with van der Waals surface area (Å²) in [4.78, 5) is 39.7. The van der Waals surface area contributed by atoms with Gasteiger partial charge in [0.2, 0.25) is 5.78 Å². The van der Waals surface area contributed by atoms with Gasteiger partial charge in [0.25, 0.3) is 0 Å². The van der Waals surface area contributed by atoms with Crippen LogP contribution >= 0.6 is 0 Å². The van der Waals surface area contributed by atoms with Crippen LogP contribution in [-0.4, -0.2) is 92.9 Å². The molecule has 214 valence electrons. The highest BCUT2D eigenvalue weighted by atomic mass is 19.1. The Hall–Kier alpha value is -3.46. The summed E-state index contributed by atoms with van der Waals surface area (Å²) < 4.78 is 31.5. The lowest BCUT2D eigenvalue weighted by atomic mass is 9.72. The fourth-order valence-corrected chi connectivity index (χ4v) is 5.71. The molecule has 13 heteroatoms. The van der Waals surface area contributed by atoms with Crippen molar-refractivity contribution in [2.24, 2.45) is 5.73 Å². The number of phenolic OH excluding ortho intramolecular Hbond substituents is 2. The number of alkyl halides is 1. The molecule has 1 aliphatic heterocycles. The molecule has 12 nitrogen and oxygen atoms in total. The van der Waals surface area contributed by atoms with Gasteiger partial charge in [-0.05, 0) is 13.0 Å². The van der Waals surface area contributed by atoms with Gasteiger partial charge in [0.1, 0.15) is 29.5 Å². The number of aliphatic hydroxyl groups is 3. The lowest BCUT2D eigenvalue weighted by Gasteiger charge is -2.43. The molecule has 7 atom stereocenters. The molecule has 1 fully saturated rings. The number of fused-ring (bicyclic) bond motifs is 3. The molecular weight excluding hydrogens is 533 g/mol. The van der Waals surface area contributed by atoms with Crippen molar-refractivity contribution in [1.82, 2.24) is 0 Å². The van der Waals surface area contributed by atoms with E-state index in [0.717, 1.165) is 0 Å². The molecule has 3 aliphatic rings. The molecule has 0 bridgehead atoms. The molecule has 1 heterocycles. The molecule has 1 saturated heterocycles. The number of Topliss-reactive ketones (excluding diaryl/α,β-unsaturated/α-hetero) is 1. The largest absolute Gasteiger partial charge is 0.507 e. The zero-order chi connectivity index (χ0) is 29.3. The predicted molar refractivity (Wildman–Crippen MR) is 132 cm³/mol. The van der Waals surface area contributed by atoms with Crippen LogP contribution in [0.4, 0.5) is 4.39 Å². The molecular formula is C27H28FNO11. The van der Waals surface area contributed by atoms with Gasteiger partial charge in [0.05, 0.1) is 48.2 Å². The van der Waals surface area contributed by atoms with Gasteiger partial charge in [0.15, 0.2) is 24.0 Å². The van der Waals surface area contributed by atoms with Gasteiger partial charge in [-0.2, -0.15) is 0 Å². The van der Waals surface area contributed by atoms with Crippen molar-refractivity contribution in [2.75, 3.05) is 13.7 Å². The van der Waals surface area contributed by atoms with Gasteiger partial charge >= 0.3 is 0 Å². The average Bonchev–Trinajstić information content (AvgIpc) is 2.94. The zero-order valence-corrected chi connectivity index (χ0v) is 21.5. The molecule has 5 rings (SSSR count). The van der Waals surface area contributed by atoms with Gasteiger partial charge in [-0.15, -0.1) is 0 Å². The minimum Gasteiger partial charge on any atom is -0.507 e. The van der Waals surface area contributed by atoms with E-state index in [1.54, 1.807) is 0 Å². The van der Waals surface area contributed by atoms with E-state index in [0.29, 0.717) is 0 Å². The summed E-state index contributed by atoms with van der Waals surface area (Å²) in [5.41, 5.74) is 1.43. The number of phenols is 2. The number of rotatable bonds is 5. The molecule has 0 radical (unpaired) electrons. The Kier molecular flexibility index (Phi) is 6.93. The molecule has 7 N–H and O–H groups in total. The van der Waals surface area contributed by atoms with E-state index in [4.69, 9.17) is 19.9 Å². The van der Waals surface area contributed by atoms with E-state index in [-0.39, 0.29) is 28.0 Å². The van der Waals surface area contributed by atoms with Gasteiger partial charge in [-0.25, -0.2) is 4.39 Å². The van der Waals surface area contributed by atoms with Crippen molar-refractivity contribution in [2.45, 2.75) is 62.2 Å².